The molecule has 0 saturated carbocycles. The summed E-state index contributed by atoms with van der Waals surface area (Å²) in [6.07, 6.45) is 5.17. The second-order valence-corrected chi connectivity index (χ2v) is 8.17. The number of aromatic nitrogens is 5. The highest BCUT2D eigenvalue weighted by Gasteiger charge is 2.19. The van der Waals surface area contributed by atoms with Crippen LogP contribution in [-0.2, 0) is 6.42 Å². The van der Waals surface area contributed by atoms with E-state index in [1.165, 1.54) is 12.4 Å². The van der Waals surface area contributed by atoms with E-state index in [4.69, 9.17) is 4.74 Å². The summed E-state index contributed by atoms with van der Waals surface area (Å²) in [5, 5.41) is 2.91. The van der Waals surface area contributed by atoms with Gasteiger partial charge in [-0.3, -0.25) is 14.6 Å². The summed E-state index contributed by atoms with van der Waals surface area (Å²) < 4.78 is 5.84. The predicted octanol–water partition coefficient (Wildman–Crippen LogP) is 4.13. The molecule has 0 unspecified atom stereocenters. The zero-order chi connectivity index (χ0) is 24.9. The fourth-order valence-corrected chi connectivity index (χ4v) is 3.71. The van der Waals surface area contributed by atoms with E-state index in [1.807, 2.05) is 49.4 Å². The van der Waals surface area contributed by atoms with Crippen molar-refractivity contribution in [2.45, 2.75) is 19.4 Å². The number of carbonyl (C=O) groups excluding carboxylic acids is 2. The molecule has 5 aromatic rings. The fourth-order valence-electron chi connectivity index (χ4n) is 3.71. The summed E-state index contributed by atoms with van der Waals surface area (Å²) in [5.74, 6) is 0.0960. The lowest BCUT2D eigenvalue weighted by atomic mass is 10.1. The van der Waals surface area contributed by atoms with Gasteiger partial charge in [0.2, 0.25) is 5.78 Å². The molecule has 2 N–H and O–H groups in total. The van der Waals surface area contributed by atoms with Crippen LogP contribution in [0.25, 0.3) is 11.0 Å². The molecular weight excluding hydrogens is 456 g/mol. The van der Waals surface area contributed by atoms with E-state index in [2.05, 4.69) is 30.2 Å². The van der Waals surface area contributed by atoms with E-state index in [-0.39, 0.29) is 29.2 Å². The second kappa shape index (κ2) is 10.1. The van der Waals surface area contributed by atoms with Crippen LogP contribution in [0.2, 0.25) is 0 Å². The smallest absolute Gasteiger partial charge is 0.275 e. The topological polar surface area (TPSA) is 123 Å². The molecule has 178 valence electrons. The molecule has 1 atom stereocenters. The molecule has 0 radical (unpaired) electrons. The van der Waals surface area contributed by atoms with Crippen LogP contribution in [0.15, 0.2) is 85.3 Å². The SMILES string of the molecule is C[C@H](Cc1ccccn1)NC(=O)c1nccnc1Oc1ccc(C(=O)c2nc3ccccc3[nH]2)cc1. The standard InChI is InChI=1S/C27H22N6O3/c1-17(16-19-6-4-5-13-28-19)31-26(35)23-27(30-15-14-29-23)36-20-11-9-18(10-12-20)24(34)25-32-21-7-2-3-8-22(21)33-25/h2-15,17H,16H2,1H3,(H,31,35)(H,32,33)/t17-/m1/s1. The van der Waals surface area contributed by atoms with Crippen molar-refractivity contribution < 1.29 is 14.3 Å². The summed E-state index contributed by atoms with van der Waals surface area (Å²) in [5.41, 5.74) is 2.90. The first-order valence-corrected chi connectivity index (χ1v) is 11.4. The first-order chi connectivity index (χ1) is 17.6. The number of imidazole rings is 1. The van der Waals surface area contributed by atoms with Gasteiger partial charge in [0.1, 0.15) is 5.75 Å². The van der Waals surface area contributed by atoms with Crippen LogP contribution in [0.1, 0.15) is 39.3 Å². The molecule has 1 amide bonds. The minimum absolute atomic E-state index is 0.0628. The minimum atomic E-state index is -0.404. The van der Waals surface area contributed by atoms with Crippen molar-refractivity contribution in [1.29, 1.82) is 0 Å². The average Bonchev–Trinajstić information content (AvgIpc) is 3.34. The van der Waals surface area contributed by atoms with E-state index in [0.717, 1.165) is 16.7 Å². The first-order valence-electron chi connectivity index (χ1n) is 11.4. The van der Waals surface area contributed by atoms with Gasteiger partial charge in [-0.05, 0) is 55.5 Å². The number of H-pyrrole nitrogens is 1. The van der Waals surface area contributed by atoms with Crippen molar-refractivity contribution in [1.82, 2.24) is 30.2 Å². The Bertz CT molecular complexity index is 1480. The van der Waals surface area contributed by atoms with Crippen LogP contribution in [0.5, 0.6) is 11.6 Å². The maximum Gasteiger partial charge on any atom is 0.275 e. The number of carbonyl (C=O) groups is 2. The number of rotatable bonds is 8. The van der Waals surface area contributed by atoms with E-state index < -0.39 is 5.91 Å². The van der Waals surface area contributed by atoms with Gasteiger partial charge in [-0.1, -0.05) is 18.2 Å². The van der Waals surface area contributed by atoms with Crippen molar-refractivity contribution in [3.05, 3.63) is 108 Å². The summed E-state index contributed by atoms with van der Waals surface area (Å²) >= 11 is 0. The van der Waals surface area contributed by atoms with Crippen molar-refractivity contribution in [3.8, 4) is 11.6 Å². The Kier molecular flexibility index (Phi) is 6.44. The number of nitrogens with one attached hydrogen (secondary N) is 2. The Labute approximate surface area is 206 Å². The van der Waals surface area contributed by atoms with Gasteiger partial charge in [-0.15, -0.1) is 0 Å². The summed E-state index contributed by atoms with van der Waals surface area (Å²) in [7, 11) is 0. The molecule has 36 heavy (non-hydrogen) atoms. The molecule has 9 nitrogen and oxygen atoms in total. The third-order valence-electron chi connectivity index (χ3n) is 5.43. The van der Waals surface area contributed by atoms with E-state index in [1.54, 1.807) is 30.5 Å². The van der Waals surface area contributed by atoms with Crippen molar-refractivity contribution in [3.63, 3.8) is 0 Å². The summed E-state index contributed by atoms with van der Waals surface area (Å²) in [4.78, 5) is 45.7. The van der Waals surface area contributed by atoms with Gasteiger partial charge in [0.25, 0.3) is 11.8 Å². The van der Waals surface area contributed by atoms with Gasteiger partial charge in [-0.2, -0.15) is 0 Å². The highest BCUT2D eigenvalue weighted by molar-refractivity contribution is 6.08. The fraction of sp³-hybridized carbons (Fsp3) is 0.111. The Morgan fingerprint density at radius 1 is 0.917 bits per heavy atom. The van der Waals surface area contributed by atoms with Gasteiger partial charge in [-0.25, -0.2) is 15.0 Å². The first kappa shape index (κ1) is 22.9. The maximum absolute atomic E-state index is 12.9. The molecule has 0 aliphatic heterocycles. The quantitative estimate of drug-likeness (QED) is 0.322. The lowest BCUT2D eigenvalue weighted by molar-refractivity contribution is 0.0931. The molecular formula is C27H22N6O3. The zero-order valence-electron chi connectivity index (χ0n) is 19.4. The number of pyridine rings is 1. The number of ether oxygens (including phenoxy) is 1. The van der Waals surface area contributed by atoms with Crippen LogP contribution in [0.4, 0.5) is 0 Å². The molecule has 0 aliphatic carbocycles. The Morgan fingerprint density at radius 3 is 2.47 bits per heavy atom. The third kappa shape index (κ3) is 5.10. The molecule has 3 aromatic heterocycles. The predicted molar refractivity (Wildman–Crippen MR) is 133 cm³/mol. The lowest BCUT2D eigenvalue weighted by Crippen LogP contribution is -2.35. The number of fused-ring (bicyclic) bond motifs is 1. The number of hydrogen-bond acceptors (Lipinski definition) is 7. The summed E-state index contributed by atoms with van der Waals surface area (Å²) in [6.45, 7) is 1.89. The largest absolute Gasteiger partial charge is 0.437 e. The number of benzene rings is 2. The molecule has 2 aromatic carbocycles. The van der Waals surface area contributed by atoms with Gasteiger partial charge < -0.3 is 15.0 Å². The molecule has 5 rings (SSSR count). The number of nitrogens with zero attached hydrogens (tertiary/aromatic N) is 4. The molecule has 3 heterocycles. The number of ketones is 1. The normalized spacial score (nSPS) is 11.7. The van der Waals surface area contributed by atoms with Crippen LogP contribution < -0.4 is 10.1 Å². The molecule has 0 aliphatic rings. The van der Waals surface area contributed by atoms with Gasteiger partial charge in [0.15, 0.2) is 11.5 Å². The van der Waals surface area contributed by atoms with Crippen LogP contribution >= 0.6 is 0 Å². The van der Waals surface area contributed by atoms with E-state index in [9.17, 15) is 9.59 Å². The van der Waals surface area contributed by atoms with Crippen molar-refractivity contribution >= 4 is 22.7 Å². The molecule has 0 bridgehead atoms. The maximum atomic E-state index is 12.9. The molecule has 0 saturated heterocycles. The minimum Gasteiger partial charge on any atom is -0.437 e. The molecule has 9 heteroatoms. The van der Waals surface area contributed by atoms with Gasteiger partial charge in [0.05, 0.1) is 11.0 Å². The van der Waals surface area contributed by atoms with Crippen LogP contribution in [0.3, 0.4) is 0 Å². The third-order valence-corrected chi connectivity index (χ3v) is 5.43. The molecule has 0 fully saturated rings. The number of para-hydroxylation sites is 2. The van der Waals surface area contributed by atoms with Crippen LogP contribution in [0, 0.1) is 0 Å². The molecule has 0 spiro atoms. The number of aromatic amines is 1. The van der Waals surface area contributed by atoms with Gasteiger partial charge in [0, 0.05) is 42.3 Å². The second-order valence-electron chi connectivity index (χ2n) is 8.17. The van der Waals surface area contributed by atoms with E-state index >= 15 is 0 Å². The number of amides is 1. The highest BCUT2D eigenvalue weighted by atomic mass is 16.5. The van der Waals surface area contributed by atoms with E-state index in [0.29, 0.717) is 17.7 Å². The van der Waals surface area contributed by atoms with Crippen LogP contribution in [-0.4, -0.2) is 42.7 Å². The monoisotopic (exact) mass is 478 g/mol. The zero-order valence-corrected chi connectivity index (χ0v) is 19.4. The van der Waals surface area contributed by atoms with Crippen molar-refractivity contribution in [2.24, 2.45) is 0 Å². The highest BCUT2D eigenvalue weighted by Crippen LogP contribution is 2.23. The Morgan fingerprint density at radius 2 is 1.69 bits per heavy atom. The van der Waals surface area contributed by atoms with Gasteiger partial charge >= 0.3 is 0 Å². The summed E-state index contributed by atoms with van der Waals surface area (Å²) in [6, 6.07) is 19.5. The Balaban J connectivity index is 1.27. The average molecular weight is 479 g/mol. The number of hydrogen-bond donors (Lipinski definition) is 2. The lowest BCUT2D eigenvalue weighted by Gasteiger charge is -2.14. The van der Waals surface area contributed by atoms with Crippen molar-refractivity contribution in [2.75, 3.05) is 0 Å². The Hall–Kier alpha value is -4.92.